The Labute approximate surface area is 137 Å². The highest BCUT2D eigenvalue weighted by Gasteiger charge is 2.47. The van der Waals surface area contributed by atoms with E-state index in [1.54, 1.807) is 11.0 Å². The quantitative estimate of drug-likeness (QED) is 0.666. The molecule has 0 spiro atoms. The molecule has 4 amide bonds. The van der Waals surface area contributed by atoms with Crippen LogP contribution in [-0.2, 0) is 4.79 Å². The molecule has 1 aromatic rings. The van der Waals surface area contributed by atoms with Crippen molar-refractivity contribution in [1.29, 1.82) is 0 Å². The molecular weight excluding hydrogens is 326 g/mol. The highest BCUT2D eigenvalue weighted by Crippen LogP contribution is 2.27. The fourth-order valence-corrected chi connectivity index (χ4v) is 3.74. The summed E-state index contributed by atoms with van der Waals surface area (Å²) in [5.41, 5.74) is 0. The zero-order valence-electron chi connectivity index (χ0n) is 11.8. The van der Waals surface area contributed by atoms with Gasteiger partial charge in [0.25, 0.3) is 11.8 Å². The number of thiophene rings is 1. The van der Waals surface area contributed by atoms with Crippen LogP contribution in [0.4, 0.5) is 4.79 Å². The second-order valence-electron chi connectivity index (χ2n) is 5.34. The fraction of sp³-hybridized carbons (Fsp3) is 0.500. The standard InChI is InChI=1S/C14H16ClN3O3S/c15-4-6-18-13(20)10-8-9(3-5-17(10)14(18)21)16-12(19)11-2-1-7-22-11/h1-2,7,9-10H,3-6,8H2,(H,16,19)/t9-,10+/m1/s1. The molecule has 2 fully saturated rings. The lowest BCUT2D eigenvalue weighted by Crippen LogP contribution is -2.49. The number of amides is 4. The second-order valence-corrected chi connectivity index (χ2v) is 6.67. The Kier molecular flexibility index (Phi) is 4.35. The van der Waals surface area contributed by atoms with Crippen molar-refractivity contribution in [2.24, 2.45) is 0 Å². The normalized spacial score (nSPS) is 24.6. The zero-order valence-corrected chi connectivity index (χ0v) is 13.4. The molecule has 2 aliphatic heterocycles. The Morgan fingerprint density at radius 2 is 2.27 bits per heavy atom. The van der Waals surface area contributed by atoms with Crippen molar-refractivity contribution in [3.05, 3.63) is 22.4 Å². The third-order valence-electron chi connectivity index (χ3n) is 4.02. The number of carbonyl (C=O) groups excluding carboxylic acids is 3. The molecule has 1 N–H and O–H groups in total. The van der Waals surface area contributed by atoms with E-state index in [9.17, 15) is 14.4 Å². The minimum absolute atomic E-state index is 0.0939. The van der Waals surface area contributed by atoms with E-state index in [0.717, 1.165) is 0 Å². The van der Waals surface area contributed by atoms with Gasteiger partial charge in [-0.15, -0.1) is 22.9 Å². The monoisotopic (exact) mass is 341 g/mol. The van der Waals surface area contributed by atoms with Crippen LogP contribution in [0.15, 0.2) is 17.5 Å². The first kappa shape index (κ1) is 15.3. The number of halogens is 1. The largest absolute Gasteiger partial charge is 0.348 e. The summed E-state index contributed by atoms with van der Waals surface area (Å²) < 4.78 is 0. The molecule has 8 heteroatoms. The third kappa shape index (κ3) is 2.70. The van der Waals surface area contributed by atoms with Gasteiger partial charge in [0.05, 0.1) is 4.88 Å². The number of fused-ring (bicyclic) bond motifs is 1. The lowest BCUT2D eigenvalue weighted by Gasteiger charge is -2.32. The van der Waals surface area contributed by atoms with Crippen molar-refractivity contribution in [1.82, 2.24) is 15.1 Å². The van der Waals surface area contributed by atoms with Crippen LogP contribution in [0.3, 0.4) is 0 Å². The summed E-state index contributed by atoms with van der Waals surface area (Å²) in [7, 11) is 0. The second kappa shape index (κ2) is 6.26. The third-order valence-corrected chi connectivity index (χ3v) is 5.06. The van der Waals surface area contributed by atoms with E-state index in [0.29, 0.717) is 24.3 Å². The molecule has 3 heterocycles. The maximum absolute atomic E-state index is 12.3. The van der Waals surface area contributed by atoms with Gasteiger partial charge in [-0.25, -0.2) is 4.79 Å². The molecule has 0 bridgehead atoms. The molecule has 0 aromatic carbocycles. The fourth-order valence-electron chi connectivity index (χ4n) is 2.94. The van der Waals surface area contributed by atoms with Crippen LogP contribution in [0.25, 0.3) is 0 Å². The maximum atomic E-state index is 12.3. The van der Waals surface area contributed by atoms with Gasteiger partial charge in [-0.2, -0.15) is 0 Å². The SMILES string of the molecule is O=C(N[C@@H]1CCN2C(=O)N(CCCl)C(=O)[C@@H]2C1)c1cccs1. The molecule has 1 aromatic heterocycles. The minimum Gasteiger partial charge on any atom is -0.348 e. The van der Waals surface area contributed by atoms with Gasteiger partial charge < -0.3 is 10.2 Å². The van der Waals surface area contributed by atoms with Gasteiger partial charge in [-0.05, 0) is 24.3 Å². The molecule has 6 nitrogen and oxygen atoms in total. The summed E-state index contributed by atoms with van der Waals surface area (Å²) >= 11 is 7.02. The topological polar surface area (TPSA) is 69.7 Å². The van der Waals surface area contributed by atoms with Crippen molar-refractivity contribution in [2.45, 2.75) is 24.9 Å². The van der Waals surface area contributed by atoms with Crippen molar-refractivity contribution in [2.75, 3.05) is 19.0 Å². The number of rotatable bonds is 4. The van der Waals surface area contributed by atoms with E-state index in [-0.39, 0.29) is 36.3 Å². The molecule has 118 valence electrons. The maximum Gasteiger partial charge on any atom is 0.327 e. The summed E-state index contributed by atoms with van der Waals surface area (Å²) in [4.78, 5) is 40.0. The highest BCUT2D eigenvalue weighted by atomic mass is 35.5. The van der Waals surface area contributed by atoms with Crippen LogP contribution in [-0.4, -0.2) is 58.7 Å². The van der Waals surface area contributed by atoms with Crippen molar-refractivity contribution in [3.63, 3.8) is 0 Å². The van der Waals surface area contributed by atoms with Crippen molar-refractivity contribution >= 4 is 40.8 Å². The number of hydrogen-bond donors (Lipinski definition) is 1. The average molecular weight is 342 g/mol. The Bertz CT molecular complexity index is 592. The van der Waals surface area contributed by atoms with Gasteiger partial charge >= 0.3 is 6.03 Å². The van der Waals surface area contributed by atoms with Crippen LogP contribution in [0.1, 0.15) is 22.5 Å². The number of alkyl halides is 1. The van der Waals surface area contributed by atoms with E-state index in [4.69, 9.17) is 11.6 Å². The number of hydrogen-bond acceptors (Lipinski definition) is 4. The van der Waals surface area contributed by atoms with Gasteiger partial charge in [0.15, 0.2) is 0 Å². The molecule has 0 saturated carbocycles. The minimum atomic E-state index is -0.474. The molecule has 0 unspecified atom stereocenters. The van der Waals surface area contributed by atoms with Crippen LogP contribution in [0.2, 0.25) is 0 Å². The van der Waals surface area contributed by atoms with E-state index >= 15 is 0 Å². The summed E-state index contributed by atoms with van der Waals surface area (Å²) in [6.07, 6.45) is 1.11. The van der Waals surface area contributed by atoms with E-state index in [1.165, 1.54) is 16.2 Å². The first-order valence-corrected chi connectivity index (χ1v) is 8.55. The van der Waals surface area contributed by atoms with E-state index in [2.05, 4.69) is 5.32 Å². The van der Waals surface area contributed by atoms with Crippen LogP contribution in [0, 0.1) is 0 Å². The molecule has 0 aliphatic carbocycles. The predicted molar refractivity (Wildman–Crippen MR) is 83.1 cm³/mol. The number of nitrogens with one attached hydrogen (secondary N) is 1. The van der Waals surface area contributed by atoms with Gasteiger partial charge in [0.2, 0.25) is 0 Å². The molecule has 0 radical (unpaired) electrons. The summed E-state index contributed by atoms with van der Waals surface area (Å²) in [6.45, 7) is 0.710. The Balaban J connectivity index is 1.65. The van der Waals surface area contributed by atoms with Crippen LogP contribution in [0.5, 0.6) is 0 Å². The van der Waals surface area contributed by atoms with E-state index < -0.39 is 6.04 Å². The summed E-state index contributed by atoms with van der Waals surface area (Å²) in [5.74, 6) is -0.0973. The van der Waals surface area contributed by atoms with Crippen LogP contribution >= 0.6 is 22.9 Å². The summed E-state index contributed by atoms with van der Waals surface area (Å²) in [5, 5.41) is 4.80. The first-order valence-electron chi connectivity index (χ1n) is 7.14. The molecule has 2 aliphatic rings. The number of carbonyl (C=O) groups is 3. The van der Waals surface area contributed by atoms with Gasteiger partial charge in [-0.1, -0.05) is 6.07 Å². The summed E-state index contributed by atoms with van der Waals surface area (Å²) in [6, 6.07) is 2.76. The van der Waals surface area contributed by atoms with Crippen molar-refractivity contribution in [3.8, 4) is 0 Å². The van der Waals surface area contributed by atoms with Crippen molar-refractivity contribution < 1.29 is 14.4 Å². The molecule has 3 rings (SSSR count). The van der Waals surface area contributed by atoms with Crippen LogP contribution < -0.4 is 5.32 Å². The van der Waals surface area contributed by atoms with Gasteiger partial charge in [0.1, 0.15) is 6.04 Å². The predicted octanol–water partition coefficient (Wildman–Crippen LogP) is 1.51. The average Bonchev–Trinajstić information content (AvgIpc) is 3.12. The zero-order chi connectivity index (χ0) is 15.7. The van der Waals surface area contributed by atoms with Gasteiger partial charge in [0, 0.05) is 25.0 Å². The molecule has 2 saturated heterocycles. The Morgan fingerprint density at radius 3 is 2.95 bits per heavy atom. The molecular formula is C14H16ClN3O3S. The van der Waals surface area contributed by atoms with E-state index in [1.807, 2.05) is 11.4 Å². The number of imide groups is 1. The molecule has 2 atom stereocenters. The first-order chi connectivity index (χ1) is 10.6. The number of piperidine rings is 1. The smallest absolute Gasteiger partial charge is 0.327 e. The van der Waals surface area contributed by atoms with Gasteiger partial charge in [-0.3, -0.25) is 14.5 Å². The lowest BCUT2D eigenvalue weighted by atomic mass is 9.98. The Morgan fingerprint density at radius 1 is 1.45 bits per heavy atom. The lowest BCUT2D eigenvalue weighted by molar-refractivity contribution is -0.128. The number of nitrogens with zero attached hydrogens (tertiary/aromatic N) is 2. The number of urea groups is 1. The molecule has 22 heavy (non-hydrogen) atoms. The Hall–Kier alpha value is -1.60. The highest BCUT2D eigenvalue weighted by molar-refractivity contribution is 7.12.